The molecule has 19 heavy (non-hydrogen) atoms. The van der Waals surface area contributed by atoms with Gasteiger partial charge < -0.3 is 5.32 Å². The maximum atomic E-state index is 13.0. The molecular formula is C15H13F2NO. The van der Waals surface area contributed by atoms with Gasteiger partial charge in [-0.1, -0.05) is 24.3 Å². The molecule has 2 rings (SSSR count). The van der Waals surface area contributed by atoms with Crippen LogP contribution in [0.15, 0.2) is 48.5 Å². The lowest BCUT2D eigenvalue weighted by Gasteiger charge is -2.05. The lowest BCUT2D eigenvalue weighted by molar-refractivity contribution is -0.116. The van der Waals surface area contributed by atoms with Gasteiger partial charge in [0.1, 0.15) is 0 Å². The van der Waals surface area contributed by atoms with Crippen LogP contribution in [0.4, 0.5) is 14.5 Å². The summed E-state index contributed by atoms with van der Waals surface area (Å²) < 4.78 is 25.7. The van der Waals surface area contributed by atoms with Gasteiger partial charge in [0, 0.05) is 12.1 Å². The minimum Gasteiger partial charge on any atom is -0.326 e. The second-order valence-corrected chi connectivity index (χ2v) is 4.16. The van der Waals surface area contributed by atoms with Crippen LogP contribution in [-0.2, 0) is 11.2 Å². The van der Waals surface area contributed by atoms with E-state index < -0.39 is 11.6 Å². The van der Waals surface area contributed by atoms with Crippen molar-refractivity contribution in [3.63, 3.8) is 0 Å². The van der Waals surface area contributed by atoms with E-state index in [0.29, 0.717) is 12.0 Å². The number of benzene rings is 2. The first kappa shape index (κ1) is 13.2. The maximum absolute atomic E-state index is 13.0. The average molecular weight is 261 g/mol. The SMILES string of the molecule is O=C(CCc1ccc(F)c(F)c1)Nc1ccccc1. The minimum atomic E-state index is -0.888. The summed E-state index contributed by atoms with van der Waals surface area (Å²) in [5.74, 6) is -1.92. The van der Waals surface area contributed by atoms with Crippen molar-refractivity contribution in [1.29, 1.82) is 0 Å². The van der Waals surface area contributed by atoms with E-state index in [1.165, 1.54) is 6.07 Å². The van der Waals surface area contributed by atoms with E-state index in [-0.39, 0.29) is 12.3 Å². The van der Waals surface area contributed by atoms with Crippen LogP contribution in [0.25, 0.3) is 0 Å². The van der Waals surface area contributed by atoms with Crippen LogP contribution in [0.2, 0.25) is 0 Å². The molecule has 0 unspecified atom stereocenters. The highest BCUT2D eigenvalue weighted by Crippen LogP contribution is 2.11. The van der Waals surface area contributed by atoms with Crippen LogP contribution in [0, 0.1) is 11.6 Å². The van der Waals surface area contributed by atoms with Crippen LogP contribution in [0.1, 0.15) is 12.0 Å². The third-order valence-corrected chi connectivity index (χ3v) is 2.68. The molecule has 0 saturated heterocycles. The zero-order valence-corrected chi connectivity index (χ0v) is 10.2. The lowest BCUT2D eigenvalue weighted by atomic mass is 10.1. The molecule has 0 heterocycles. The number of carbonyl (C=O) groups is 1. The molecule has 1 N–H and O–H groups in total. The molecule has 0 aliphatic carbocycles. The Balaban J connectivity index is 1.88. The Labute approximate surface area is 110 Å². The molecule has 0 atom stereocenters. The van der Waals surface area contributed by atoms with Crippen LogP contribution < -0.4 is 5.32 Å². The summed E-state index contributed by atoms with van der Waals surface area (Å²) in [6, 6.07) is 12.7. The van der Waals surface area contributed by atoms with E-state index in [2.05, 4.69) is 5.32 Å². The van der Waals surface area contributed by atoms with E-state index in [0.717, 1.165) is 17.8 Å². The molecular weight excluding hydrogens is 248 g/mol. The monoisotopic (exact) mass is 261 g/mol. The third-order valence-electron chi connectivity index (χ3n) is 2.68. The van der Waals surface area contributed by atoms with Gasteiger partial charge in [0.25, 0.3) is 0 Å². The molecule has 4 heteroatoms. The van der Waals surface area contributed by atoms with Crippen molar-refractivity contribution in [3.05, 3.63) is 65.7 Å². The Morgan fingerprint density at radius 1 is 1.00 bits per heavy atom. The average Bonchev–Trinajstić information content (AvgIpc) is 2.41. The number of nitrogens with one attached hydrogen (secondary N) is 1. The van der Waals surface area contributed by atoms with Crippen molar-refractivity contribution in [3.8, 4) is 0 Å². The van der Waals surface area contributed by atoms with Gasteiger partial charge in [0.2, 0.25) is 5.91 Å². The van der Waals surface area contributed by atoms with E-state index in [1.807, 2.05) is 18.2 Å². The Kier molecular flexibility index (Phi) is 4.23. The van der Waals surface area contributed by atoms with Gasteiger partial charge in [-0.25, -0.2) is 8.78 Å². The summed E-state index contributed by atoms with van der Waals surface area (Å²) in [5.41, 5.74) is 1.32. The maximum Gasteiger partial charge on any atom is 0.224 e. The summed E-state index contributed by atoms with van der Waals surface area (Å²) in [7, 11) is 0. The summed E-state index contributed by atoms with van der Waals surface area (Å²) in [4.78, 5) is 11.7. The molecule has 2 aromatic rings. The molecule has 98 valence electrons. The molecule has 2 aromatic carbocycles. The van der Waals surface area contributed by atoms with Crippen molar-refractivity contribution >= 4 is 11.6 Å². The van der Waals surface area contributed by atoms with Crippen LogP contribution in [0.5, 0.6) is 0 Å². The second-order valence-electron chi connectivity index (χ2n) is 4.16. The minimum absolute atomic E-state index is 0.157. The number of anilines is 1. The molecule has 0 aliphatic rings. The van der Waals surface area contributed by atoms with Gasteiger partial charge in [-0.15, -0.1) is 0 Å². The van der Waals surface area contributed by atoms with Crippen LogP contribution in [0.3, 0.4) is 0 Å². The number of aryl methyl sites for hydroxylation is 1. The Morgan fingerprint density at radius 3 is 2.42 bits per heavy atom. The molecule has 1 amide bonds. The number of hydrogen-bond donors (Lipinski definition) is 1. The summed E-state index contributed by atoms with van der Waals surface area (Å²) >= 11 is 0. The standard InChI is InChI=1S/C15H13F2NO/c16-13-8-6-11(10-14(13)17)7-9-15(19)18-12-4-2-1-3-5-12/h1-6,8,10H,7,9H2,(H,18,19). The number of halogens is 2. The van der Waals surface area contributed by atoms with Crippen molar-refractivity contribution in [2.45, 2.75) is 12.8 Å². The molecule has 0 spiro atoms. The van der Waals surface area contributed by atoms with Crippen molar-refractivity contribution in [1.82, 2.24) is 0 Å². The Bertz CT molecular complexity index is 570. The first-order chi connectivity index (χ1) is 9.15. The van der Waals surface area contributed by atoms with Gasteiger partial charge in [-0.3, -0.25) is 4.79 Å². The van der Waals surface area contributed by atoms with Crippen LogP contribution in [-0.4, -0.2) is 5.91 Å². The molecule has 0 bridgehead atoms. The van der Waals surface area contributed by atoms with E-state index >= 15 is 0 Å². The number of rotatable bonds is 4. The van der Waals surface area contributed by atoms with Gasteiger partial charge in [0.05, 0.1) is 0 Å². The zero-order chi connectivity index (χ0) is 13.7. The van der Waals surface area contributed by atoms with Crippen molar-refractivity contribution in [2.75, 3.05) is 5.32 Å². The summed E-state index contributed by atoms with van der Waals surface area (Å²) in [6.45, 7) is 0. The first-order valence-corrected chi connectivity index (χ1v) is 5.94. The fourth-order valence-electron chi connectivity index (χ4n) is 1.70. The quantitative estimate of drug-likeness (QED) is 0.896. The Hall–Kier alpha value is -2.23. The fraction of sp³-hybridized carbons (Fsp3) is 0.133. The van der Waals surface area contributed by atoms with Gasteiger partial charge in [0.15, 0.2) is 11.6 Å². The number of para-hydroxylation sites is 1. The van der Waals surface area contributed by atoms with E-state index in [9.17, 15) is 13.6 Å². The zero-order valence-electron chi connectivity index (χ0n) is 10.2. The highest BCUT2D eigenvalue weighted by molar-refractivity contribution is 5.90. The topological polar surface area (TPSA) is 29.1 Å². The van der Waals surface area contributed by atoms with E-state index in [4.69, 9.17) is 0 Å². The molecule has 2 nitrogen and oxygen atoms in total. The predicted molar refractivity (Wildman–Crippen MR) is 69.8 cm³/mol. The van der Waals surface area contributed by atoms with Gasteiger partial charge in [-0.2, -0.15) is 0 Å². The lowest BCUT2D eigenvalue weighted by Crippen LogP contribution is -2.12. The van der Waals surface area contributed by atoms with Crippen molar-refractivity contribution in [2.24, 2.45) is 0 Å². The van der Waals surface area contributed by atoms with Crippen molar-refractivity contribution < 1.29 is 13.6 Å². The third kappa shape index (κ3) is 3.88. The smallest absolute Gasteiger partial charge is 0.224 e. The molecule has 0 saturated carbocycles. The number of carbonyl (C=O) groups excluding carboxylic acids is 1. The molecule has 0 fully saturated rings. The fourth-order valence-corrected chi connectivity index (χ4v) is 1.70. The highest BCUT2D eigenvalue weighted by atomic mass is 19.2. The number of amides is 1. The molecule has 0 radical (unpaired) electrons. The summed E-state index contributed by atoms with van der Waals surface area (Å²) in [6.07, 6.45) is 0.593. The van der Waals surface area contributed by atoms with Gasteiger partial charge in [-0.05, 0) is 36.2 Å². The second kappa shape index (κ2) is 6.09. The van der Waals surface area contributed by atoms with Gasteiger partial charge >= 0.3 is 0 Å². The normalized spacial score (nSPS) is 10.2. The largest absolute Gasteiger partial charge is 0.326 e. The molecule has 0 aromatic heterocycles. The highest BCUT2D eigenvalue weighted by Gasteiger charge is 2.06. The molecule has 0 aliphatic heterocycles. The van der Waals surface area contributed by atoms with Crippen LogP contribution >= 0.6 is 0 Å². The predicted octanol–water partition coefficient (Wildman–Crippen LogP) is 3.54. The Morgan fingerprint density at radius 2 is 1.74 bits per heavy atom. The van der Waals surface area contributed by atoms with E-state index in [1.54, 1.807) is 12.1 Å². The first-order valence-electron chi connectivity index (χ1n) is 5.94. The summed E-state index contributed by atoms with van der Waals surface area (Å²) in [5, 5.41) is 2.73. The number of hydrogen-bond acceptors (Lipinski definition) is 1.